The summed E-state index contributed by atoms with van der Waals surface area (Å²) in [6.45, 7) is 2.43. The molecule has 0 radical (unpaired) electrons. The predicted molar refractivity (Wildman–Crippen MR) is 96.5 cm³/mol. The Kier molecular flexibility index (Phi) is 8.80. The van der Waals surface area contributed by atoms with Gasteiger partial charge in [-0.05, 0) is 36.2 Å². The fraction of sp³-hybridized carbons (Fsp3) is 0.176. The summed E-state index contributed by atoms with van der Waals surface area (Å²) >= 11 is 0. The van der Waals surface area contributed by atoms with Crippen molar-refractivity contribution < 1.29 is 27.9 Å². The van der Waals surface area contributed by atoms with Gasteiger partial charge in [-0.3, -0.25) is 0 Å². The minimum Gasteiger partial charge on any atom is -0.806 e. The van der Waals surface area contributed by atoms with E-state index in [-0.39, 0.29) is 12.3 Å². The highest BCUT2D eigenvalue weighted by Crippen LogP contribution is 2.53. The van der Waals surface area contributed by atoms with Gasteiger partial charge in [-0.25, -0.2) is 0 Å². The normalized spacial score (nSPS) is 11.6. The Morgan fingerprint density at radius 2 is 1.62 bits per heavy atom. The van der Waals surface area contributed by atoms with E-state index in [4.69, 9.17) is 4.74 Å². The molecule has 8 N–H and O–H groups in total. The average Bonchev–Trinajstić information content (AvgIpc) is 2.54. The predicted octanol–water partition coefficient (Wildman–Crippen LogP) is 3.97. The van der Waals surface area contributed by atoms with Gasteiger partial charge in [0.05, 0.1) is 6.61 Å². The van der Waals surface area contributed by atoms with E-state index >= 15 is 0 Å². The summed E-state index contributed by atoms with van der Waals surface area (Å²) in [4.78, 5) is 21.4. The molecule has 9 heteroatoms. The van der Waals surface area contributed by atoms with Crippen molar-refractivity contribution in [2.45, 2.75) is 12.6 Å². The van der Waals surface area contributed by atoms with E-state index in [1.165, 1.54) is 12.1 Å². The van der Waals surface area contributed by atoms with Gasteiger partial charge in [-0.15, -0.1) is 0 Å². The quantitative estimate of drug-likeness (QED) is 0.569. The van der Waals surface area contributed by atoms with Crippen LogP contribution in [0.3, 0.4) is 0 Å². The molecule has 2 rings (SSSR count). The first-order valence-electron chi connectivity index (χ1n) is 7.15. The molecule has 0 atom stereocenters. The Morgan fingerprint density at radius 3 is 2.15 bits per heavy atom. The van der Waals surface area contributed by atoms with Crippen molar-refractivity contribution in [2.24, 2.45) is 0 Å². The molecule has 0 saturated heterocycles. The first-order valence-corrected chi connectivity index (χ1v) is 8.70. The highest BCUT2D eigenvalue weighted by Gasteiger charge is 2.35. The summed E-state index contributed by atoms with van der Waals surface area (Å²) in [5, 5.41) is 0. The maximum atomic E-state index is 13.6. The van der Waals surface area contributed by atoms with Crippen molar-refractivity contribution in [1.29, 1.82) is 0 Å². The van der Waals surface area contributed by atoms with Gasteiger partial charge in [0, 0.05) is 13.2 Å². The number of benzene rings is 2. The molecular formula is C17H23F2N2O4P. The van der Waals surface area contributed by atoms with Crippen LogP contribution in [0.1, 0.15) is 23.6 Å². The average molecular weight is 388 g/mol. The van der Waals surface area contributed by atoms with Gasteiger partial charge in [0.25, 0.3) is 5.66 Å². The van der Waals surface area contributed by atoms with Crippen LogP contribution in [0.4, 0.5) is 8.78 Å². The zero-order valence-corrected chi connectivity index (χ0v) is 15.7. The number of halogens is 2. The van der Waals surface area contributed by atoms with Crippen LogP contribution in [-0.4, -0.2) is 6.61 Å². The van der Waals surface area contributed by atoms with Crippen LogP contribution in [-0.2, 0) is 10.2 Å². The lowest BCUT2D eigenvalue weighted by atomic mass is 10.1. The van der Waals surface area contributed by atoms with E-state index in [1.54, 1.807) is 36.4 Å². The van der Waals surface area contributed by atoms with Gasteiger partial charge in [0.15, 0.2) is 0 Å². The molecule has 0 spiro atoms. The van der Waals surface area contributed by atoms with Crippen molar-refractivity contribution in [3.63, 3.8) is 0 Å². The Hall–Kier alpha value is -2.09. The van der Waals surface area contributed by atoms with Crippen molar-refractivity contribution in [3.05, 3.63) is 65.2 Å². The summed E-state index contributed by atoms with van der Waals surface area (Å²) in [5.41, 5.74) is -4.11. The molecule has 0 fully saturated rings. The molecule has 0 aliphatic carbocycles. The fourth-order valence-corrected chi connectivity index (χ4v) is 2.48. The molecule has 0 heterocycles. The lowest BCUT2D eigenvalue weighted by molar-refractivity contribution is -0.335. The maximum absolute atomic E-state index is 13.6. The Balaban J connectivity index is 0.00000312. The van der Waals surface area contributed by atoms with Crippen LogP contribution in [0, 0.1) is 0 Å². The SMILES string of the molecule is CCOc1ccc(/C=C\c2cccc(C(F)(F)P(=O)([O-])[O-])c2)cc1.[NH4+].[NH4+]. The molecule has 26 heavy (non-hydrogen) atoms. The van der Waals surface area contributed by atoms with Gasteiger partial charge in [0.2, 0.25) is 0 Å². The fourth-order valence-electron chi connectivity index (χ4n) is 2.02. The molecule has 0 amide bonds. The smallest absolute Gasteiger partial charge is 0.296 e. The third kappa shape index (κ3) is 5.72. The number of ether oxygens (including phenoxy) is 1. The molecule has 0 aliphatic rings. The van der Waals surface area contributed by atoms with Crippen LogP contribution < -0.4 is 26.8 Å². The van der Waals surface area contributed by atoms with Crippen LogP contribution >= 0.6 is 7.60 Å². The summed E-state index contributed by atoms with van der Waals surface area (Å²) < 4.78 is 43.2. The Morgan fingerprint density at radius 1 is 1.04 bits per heavy atom. The summed E-state index contributed by atoms with van der Waals surface area (Å²) in [6, 6.07) is 11.8. The monoisotopic (exact) mass is 388 g/mol. The number of alkyl halides is 2. The largest absolute Gasteiger partial charge is 0.806 e. The van der Waals surface area contributed by atoms with Crippen LogP contribution in [0.5, 0.6) is 5.75 Å². The summed E-state index contributed by atoms with van der Waals surface area (Å²) in [5.74, 6) is 0.720. The van der Waals surface area contributed by atoms with Crippen molar-refractivity contribution in [3.8, 4) is 5.75 Å². The zero-order chi connectivity index (χ0) is 17.8. The van der Waals surface area contributed by atoms with Crippen molar-refractivity contribution >= 4 is 19.7 Å². The first-order chi connectivity index (χ1) is 11.2. The molecule has 0 unspecified atom stereocenters. The standard InChI is InChI=1S/C17H17F2O4P.2H3N/c1-2-23-16-10-8-13(9-11-16)6-7-14-4-3-5-15(12-14)17(18,19)24(20,21)22;;/h3-12H,2H2,1H3,(H2,20,21,22);2*1H3/b7-6-;;. The molecule has 0 aliphatic heterocycles. The lowest BCUT2D eigenvalue weighted by Gasteiger charge is -2.37. The zero-order valence-electron chi connectivity index (χ0n) is 14.8. The third-order valence-corrected chi connectivity index (χ3v) is 4.18. The van der Waals surface area contributed by atoms with E-state index in [0.717, 1.165) is 23.4 Å². The minimum absolute atomic E-state index is 0. The van der Waals surface area contributed by atoms with E-state index in [1.807, 2.05) is 6.92 Å². The highest BCUT2D eigenvalue weighted by atomic mass is 31.2. The van der Waals surface area contributed by atoms with Gasteiger partial charge in [0.1, 0.15) is 5.75 Å². The van der Waals surface area contributed by atoms with E-state index in [0.29, 0.717) is 12.2 Å². The second-order valence-corrected chi connectivity index (χ2v) is 6.56. The molecule has 0 bridgehead atoms. The van der Waals surface area contributed by atoms with E-state index < -0.39 is 18.8 Å². The number of quaternary nitrogens is 2. The molecule has 2 aromatic rings. The second kappa shape index (κ2) is 9.56. The Labute approximate surface area is 150 Å². The minimum atomic E-state index is -6.07. The molecule has 0 saturated carbocycles. The molecule has 144 valence electrons. The first kappa shape index (κ1) is 23.9. The molecular weight excluding hydrogens is 365 g/mol. The second-order valence-electron chi connectivity index (χ2n) is 5.00. The van der Waals surface area contributed by atoms with Crippen LogP contribution in [0.25, 0.3) is 12.2 Å². The summed E-state index contributed by atoms with van der Waals surface area (Å²) in [7, 11) is -6.07. The highest BCUT2D eigenvalue weighted by molar-refractivity contribution is 7.49. The molecule has 2 aromatic carbocycles. The summed E-state index contributed by atoms with van der Waals surface area (Å²) in [6.07, 6.45) is 3.23. The van der Waals surface area contributed by atoms with Gasteiger partial charge in [-0.1, -0.05) is 42.5 Å². The van der Waals surface area contributed by atoms with Crippen LogP contribution in [0.2, 0.25) is 0 Å². The van der Waals surface area contributed by atoms with Crippen molar-refractivity contribution in [1.82, 2.24) is 12.3 Å². The van der Waals surface area contributed by atoms with E-state index in [9.17, 15) is 23.1 Å². The number of hydrogen-bond donors (Lipinski definition) is 2. The van der Waals surface area contributed by atoms with Crippen molar-refractivity contribution in [2.75, 3.05) is 6.61 Å². The molecule has 6 nitrogen and oxygen atoms in total. The number of hydrogen-bond acceptors (Lipinski definition) is 4. The van der Waals surface area contributed by atoms with Crippen LogP contribution in [0.15, 0.2) is 48.5 Å². The number of rotatable bonds is 6. The van der Waals surface area contributed by atoms with Gasteiger partial charge in [-0.2, -0.15) is 8.78 Å². The van der Waals surface area contributed by atoms with Gasteiger partial charge >= 0.3 is 0 Å². The van der Waals surface area contributed by atoms with E-state index in [2.05, 4.69) is 0 Å². The molecule has 0 aromatic heterocycles. The maximum Gasteiger partial charge on any atom is 0.296 e. The van der Waals surface area contributed by atoms with Gasteiger partial charge < -0.3 is 31.4 Å². The topological polar surface area (TPSA) is 145 Å². The third-order valence-electron chi connectivity index (χ3n) is 3.24. The Bertz CT molecular complexity index is 777. The lowest BCUT2D eigenvalue weighted by Crippen LogP contribution is -2.29.